The van der Waals surface area contributed by atoms with E-state index in [1.807, 2.05) is 13.8 Å². The van der Waals surface area contributed by atoms with E-state index in [1.54, 1.807) is 6.92 Å². The topological polar surface area (TPSA) is 102 Å². The van der Waals surface area contributed by atoms with Crippen LogP contribution in [0.5, 0.6) is 0 Å². The van der Waals surface area contributed by atoms with E-state index in [4.69, 9.17) is 9.47 Å². The summed E-state index contributed by atoms with van der Waals surface area (Å²) in [7, 11) is 0. The first kappa shape index (κ1) is 22.3. The molecular formula is C23H31NO6S. The quantitative estimate of drug-likeness (QED) is 0.617. The summed E-state index contributed by atoms with van der Waals surface area (Å²) in [5, 5.41) is 14.0. The van der Waals surface area contributed by atoms with Crippen LogP contribution < -0.4 is 5.32 Å². The number of ether oxygens (including phenoxy) is 2. The van der Waals surface area contributed by atoms with E-state index in [9.17, 15) is 19.5 Å². The zero-order valence-corrected chi connectivity index (χ0v) is 19.2. The molecule has 0 aliphatic heterocycles. The standard InChI is InChI=1S/C23H31NO6S/c1-4-16-13(3)31-19(18(16)20(26)29-5-2)24-17(25)11-30-21(27)22-7-14-6-15(8-22)10-23(28,9-14)12-22/h14-15,28H,4-12H2,1-3H3,(H,24,25). The number of anilines is 1. The average Bonchev–Trinajstić information content (AvgIpc) is 2.99. The van der Waals surface area contributed by atoms with Crippen LogP contribution in [-0.2, 0) is 25.5 Å². The maximum atomic E-state index is 13.0. The summed E-state index contributed by atoms with van der Waals surface area (Å²) in [6, 6.07) is 0. The maximum Gasteiger partial charge on any atom is 0.341 e. The molecule has 170 valence electrons. The normalized spacial score (nSPS) is 30.8. The third-order valence-corrected chi connectivity index (χ3v) is 8.16. The minimum atomic E-state index is -0.759. The lowest BCUT2D eigenvalue weighted by atomic mass is 9.48. The zero-order valence-electron chi connectivity index (χ0n) is 18.4. The summed E-state index contributed by atoms with van der Waals surface area (Å²) in [5.74, 6) is -0.593. The molecule has 0 aromatic carbocycles. The maximum absolute atomic E-state index is 13.0. The van der Waals surface area contributed by atoms with Gasteiger partial charge in [-0.05, 0) is 76.2 Å². The molecule has 4 saturated carbocycles. The number of aliphatic hydroxyl groups is 1. The van der Waals surface area contributed by atoms with Crippen molar-refractivity contribution in [1.29, 1.82) is 0 Å². The molecule has 4 aliphatic rings. The third-order valence-electron chi connectivity index (χ3n) is 7.09. The minimum absolute atomic E-state index is 0.248. The molecule has 1 amide bonds. The van der Waals surface area contributed by atoms with Gasteiger partial charge in [0.2, 0.25) is 0 Å². The Hall–Kier alpha value is -1.93. The van der Waals surface area contributed by atoms with Gasteiger partial charge in [0.05, 0.1) is 23.2 Å². The van der Waals surface area contributed by atoms with Gasteiger partial charge in [0.15, 0.2) is 6.61 Å². The lowest BCUT2D eigenvalue weighted by Crippen LogP contribution is -2.58. The zero-order chi connectivity index (χ0) is 22.4. The van der Waals surface area contributed by atoms with Gasteiger partial charge in [0, 0.05) is 4.88 Å². The van der Waals surface area contributed by atoms with Crippen LogP contribution in [0, 0.1) is 24.2 Å². The van der Waals surface area contributed by atoms with E-state index in [1.165, 1.54) is 11.3 Å². The van der Waals surface area contributed by atoms with E-state index in [-0.39, 0.29) is 12.6 Å². The van der Waals surface area contributed by atoms with Crippen LogP contribution in [0.3, 0.4) is 0 Å². The van der Waals surface area contributed by atoms with Crippen molar-refractivity contribution >= 4 is 34.2 Å². The first-order valence-electron chi connectivity index (χ1n) is 11.2. The molecule has 8 heteroatoms. The van der Waals surface area contributed by atoms with Crippen LogP contribution in [0.25, 0.3) is 0 Å². The second kappa shape index (κ2) is 8.20. The molecule has 1 aromatic rings. The minimum Gasteiger partial charge on any atom is -0.462 e. The fraction of sp³-hybridized carbons (Fsp3) is 0.696. The smallest absolute Gasteiger partial charge is 0.341 e. The van der Waals surface area contributed by atoms with E-state index in [0.717, 1.165) is 42.5 Å². The molecule has 4 aliphatic carbocycles. The highest BCUT2D eigenvalue weighted by Crippen LogP contribution is 2.61. The van der Waals surface area contributed by atoms with Crippen LogP contribution in [0.15, 0.2) is 0 Å². The largest absolute Gasteiger partial charge is 0.462 e. The Morgan fingerprint density at radius 3 is 2.39 bits per heavy atom. The summed E-state index contributed by atoms with van der Waals surface area (Å²) in [6.45, 7) is 5.43. The lowest BCUT2D eigenvalue weighted by Gasteiger charge is -2.58. The Balaban J connectivity index is 1.41. The van der Waals surface area contributed by atoms with Crippen molar-refractivity contribution in [3.63, 3.8) is 0 Å². The number of hydrogen-bond acceptors (Lipinski definition) is 7. The number of amides is 1. The summed E-state index contributed by atoms with van der Waals surface area (Å²) >= 11 is 1.32. The Morgan fingerprint density at radius 1 is 1.13 bits per heavy atom. The number of nitrogens with one attached hydrogen (secondary N) is 1. The van der Waals surface area contributed by atoms with Gasteiger partial charge < -0.3 is 19.9 Å². The van der Waals surface area contributed by atoms with Gasteiger partial charge in [-0.1, -0.05) is 6.92 Å². The number of esters is 2. The summed E-state index contributed by atoms with van der Waals surface area (Å²) in [5.41, 5.74) is -0.179. The highest BCUT2D eigenvalue weighted by molar-refractivity contribution is 7.16. The Morgan fingerprint density at radius 2 is 1.81 bits per heavy atom. The predicted octanol–water partition coefficient (Wildman–Crippen LogP) is 3.61. The van der Waals surface area contributed by atoms with Crippen LogP contribution in [0.4, 0.5) is 5.00 Å². The molecule has 4 fully saturated rings. The fourth-order valence-corrected chi connectivity index (χ4v) is 7.56. The van der Waals surface area contributed by atoms with Crippen molar-refractivity contribution in [2.24, 2.45) is 17.3 Å². The van der Waals surface area contributed by atoms with Crippen molar-refractivity contribution in [1.82, 2.24) is 0 Å². The molecule has 31 heavy (non-hydrogen) atoms. The van der Waals surface area contributed by atoms with Crippen LogP contribution in [-0.4, -0.2) is 41.8 Å². The van der Waals surface area contributed by atoms with E-state index >= 15 is 0 Å². The monoisotopic (exact) mass is 449 g/mol. The molecule has 2 N–H and O–H groups in total. The Bertz CT molecular complexity index is 892. The third kappa shape index (κ3) is 4.12. The molecule has 5 rings (SSSR count). The molecule has 2 unspecified atom stereocenters. The number of carbonyl (C=O) groups is 3. The Labute approximate surface area is 186 Å². The fourth-order valence-electron chi connectivity index (χ4n) is 6.41. The second-order valence-electron chi connectivity index (χ2n) is 9.50. The number of thiophene rings is 1. The van der Waals surface area contributed by atoms with E-state index < -0.39 is 29.5 Å². The van der Waals surface area contributed by atoms with Crippen molar-refractivity contribution in [2.75, 3.05) is 18.5 Å². The van der Waals surface area contributed by atoms with Crippen molar-refractivity contribution in [3.05, 3.63) is 16.0 Å². The van der Waals surface area contributed by atoms with E-state index in [2.05, 4.69) is 5.32 Å². The number of aryl methyl sites for hydroxylation is 1. The molecule has 1 aromatic heterocycles. The second-order valence-corrected chi connectivity index (χ2v) is 10.7. The Kier molecular flexibility index (Phi) is 5.89. The average molecular weight is 450 g/mol. The molecule has 1 heterocycles. The van der Waals surface area contributed by atoms with Gasteiger partial charge >= 0.3 is 11.9 Å². The van der Waals surface area contributed by atoms with Crippen molar-refractivity contribution in [3.8, 4) is 0 Å². The highest BCUT2D eigenvalue weighted by atomic mass is 32.1. The molecule has 2 atom stereocenters. The van der Waals surface area contributed by atoms with Crippen LogP contribution >= 0.6 is 11.3 Å². The van der Waals surface area contributed by atoms with Gasteiger partial charge in [-0.25, -0.2) is 4.79 Å². The van der Waals surface area contributed by atoms with Gasteiger partial charge in [-0.15, -0.1) is 11.3 Å². The highest BCUT2D eigenvalue weighted by Gasteiger charge is 2.60. The van der Waals surface area contributed by atoms with Crippen molar-refractivity contribution in [2.45, 2.75) is 71.3 Å². The SMILES string of the molecule is CCOC(=O)c1c(NC(=O)COC(=O)C23CC4CC(CC(O)(C4)C2)C3)sc(C)c1CC. The molecular weight excluding hydrogens is 418 g/mol. The first-order chi connectivity index (χ1) is 14.7. The summed E-state index contributed by atoms with van der Waals surface area (Å²) < 4.78 is 10.6. The molecule has 4 bridgehead atoms. The summed E-state index contributed by atoms with van der Waals surface area (Å²) in [4.78, 5) is 38.9. The van der Waals surface area contributed by atoms with Gasteiger partial charge in [0.1, 0.15) is 5.00 Å². The van der Waals surface area contributed by atoms with Crippen molar-refractivity contribution < 1.29 is 29.0 Å². The number of carbonyl (C=O) groups excluding carboxylic acids is 3. The van der Waals surface area contributed by atoms with Gasteiger partial charge in [0.25, 0.3) is 5.91 Å². The number of rotatable bonds is 7. The van der Waals surface area contributed by atoms with Gasteiger partial charge in [-0.3, -0.25) is 9.59 Å². The molecule has 0 saturated heterocycles. The molecule has 0 spiro atoms. The lowest BCUT2D eigenvalue weighted by molar-refractivity contribution is -0.196. The van der Waals surface area contributed by atoms with Gasteiger partial charge in [-0.2, -0.15) is 0 Å². The molecule has 0 radical (unpaired) electrons. The van der Waals surface area contributed by atoms with Crippen LogP contribution in [0.2, 0.25) is 0 Å². The molecule has 7 nitrogen and oxygen atoms in total. The predicted molar refractivity (Wildman–Crippen MR) is 116 cm³/mol. The number of hydrogen-bond donors (Lipinski definition) is 2. The first-order valence-corrected chi connectivity index (χ1v) is 12.0. The van der Waals surface area contributed by atoms with Crippen LogP contribution in [0.1, 0.15) is 73.2 Å². The van der Waals surface area contributed by atoms with E-state index in [0.29, 0.717) is 35.2 Å². The summed E-state index contributed by atoms with van der Waals surface area (Å²) in [6.07, 6.45) is 5.18.